The molecular weight excluding hydrogens is 295 g/mol. The molecule has 0 fully saturated rings. The summed E-state index contributed by atoms with van der Waals surface area (Å²) in [6.45, 7) is 4.57. The molecule has 2 rings (SSSR count). The van der Waals surface area contributed by atoms with Gasteiger partial charge in [0.1, 0.15) is 18.2 Å². The van der Waals surface area contributed by atoms with Crippen molar-refractivity contribution in [2.45, 2.75) is 33.0 Å². The molecule has 0 aliphatic rings. The molecule has 0 spiro atoms. The van der Waals surface area contributed by atoms with E-state index in [0.29, 0.717) is 13.2 Å². The lowest BCUT2D eigenvalue weighted by atomic mass is 10.1. The standard InChI is InChI=1S/C18H21FN2O2/c1-12-8-17(23-11-14-4-3-5-16(19)9-14)7-6-15(12)10-21-13(2)18(20)22/h3-9,13,21H,10-11H2,1-2H3,(H2,20,22)/t13-/m0/s1. The van der Waals surface area contributed by atoms with Crippen LogP contribution in [0.25, 0.3) is 0 Å². The van der Waals surface area contributed by atoms with Crippen LogP contribution in [0.5, 0.6) is 5.75 Å². The molecule has 0 unspecified atom stereocenters. The van der Waals surface area contributed by atoms with Gasteiger partial charge in [-0.15, -0.1) is 0 Å². The summed E-state index contributed by atoms with van der Waals surface area (Å²) < 4.78 is 18.8. The van der Waals surface area contributed by atoms with Gasteiger partial charge in [0.05, 0.1) is 6.04 Å². The summed E-state index contributed by atoms with van der Waals surface area (Å²) in [5.41, 5.74) is 8.11. The van der Waals surface area contributed by atoms with E-state index in [4.69, 9.17) is 10.5 Å². The van der Waals surface area contributed by atoms with Crippen molar-refractivity contribution in [3.8, 4) is 5.75 Å². The Morgan fingerprint density at radius 1 is 1.30 bits per heavy atom. The molecule has 2 aromatic rings. The maximum absolute atomic E-state index is 13.1. The molecule has 0 radical (unpaired) electrons. The number of halogens is 1. The molecule has 4 nitrogen and oxygen atoms in total. The van der Waals surface area contributed by atoms with Crippen LogP contribution in [0, 0.1) is 12.7 Å². The van der Waals surface area contributed by atoms with Crippen LogP contribution in [0.4, 0.5) is 4.39 Å². The first-order chi connectivity index (χ1) is 11.0. The van der Waals surface area contributed by atoms with Gasteiger partial charge in [0.15, 0.2) is 0 Å². The Balaban J connectivity index is 1.94. The molecular formula is C18H21FN2O2. The average Bonchev–Trinajstić information content (AvgIpc) is 2.51. The van der Waals surface area contributed by atoms with Crippen molar-refractivity contribution >= 4 is 5.91 Å². The van der Waals surface area contributed by atoms with Crippen molar-refractivity contribution < 1.29 is 13.9 Å². The van der Waals surface area contributed by atoms with Crippen molar-refractivity contribution in [3.05, 3.63) is 65.0 Å². The monoisotopic (exact) mass is 316 g/mol. The second-order valence-corrected chi connectivity index (χ2v) is 5.51. The number of hydrogen-bond acceptors (Lipinski definition) is 3. The zero-order valence-electron chi connectivity index (χ0n) is 13.3. The van der Waals surface area contributed by atoms with E-state index in [1.54, 1.807) is 13.0 Å². The third kappa shape index (κ3) is 5.07. The third-order valence-electron chi connectivity index (χ3n) is 3.63. The lowest BCUT2D eigenvalue weighted by Gasteiger charge is -2.13. The first-order valence-corrected chi connectivity index (χ1v) is 7.45. The van der Waals surface area contributed by atoms with E-state index in [-0.39, 0.29) is 17.8 Å². The normalized spacial score (nSPS) is 12.0. The molecule has 0 bridgehead atoms. The fourth-order valence-electron chi connectivity index (χ4n) is 2.11. The number of benzene rings is 2. The van der Waals surface area contributed by atoms with Gasteiger partial charge in [-0.05, 0) is 54.8 Å². The molecule has 0 aliphatic carbocycles. The van der Waals surface area contributed by atoms with Crippen LogP contribution in [0.3, 0.4) is 0 Å². The predicted molar refractivity (Wildman–Crippen MR) is 87.4 cm³/mol. The number of nitrogens with one attached hydrogen (secondary N) is 1. The zero-order chi connectivity index (χ0) is 16.8. The van der Waals surface area contributed by atoms with Crippen LogP contribution in [-0.2, 0) is 17.9 Å². The molecule has 23 heavy (non-hydrogen) atoms. The minimum Gasteiger partial charge on any atom is -0.489 e. The van der Waals surface area contributed by atoms with Crippen LogP contribution in [0.1, 0.15) is 23.6 Å². The minimum atomic E-state index is -0.377. The summed E-state index contributed by atoms with van der Waals surface area (Å²) >= 11 is 0. The molecule has 0 saturated carbocycles. The van der Waals surface area contributed by atoms with Crippen molar-refractivity contribution in [1.29, 1.82) is 0 Å². The quantitative estimate of drug-likeness (QED) is 0.825. The van der Waals surface area contributed by atoms with Gasteiger partial charge in [0.2, 0.25) is 5.91 Å². The van der Waals surface area contributed by atoms with Gasteiger partial charge in [0.25, 0.3) is 0 Å². The summed E-state index contributed by atoms with van der Waals surface area (Å²) in [4.78, 5) is 11.0. The van der Waals surface area contributed by atoms with E-state index < -0.39 is 0 Å². The summed E-state index contributed by atoms with van der Waals surface area (Å²) in [6.07, 6.45) is 0. The first-order valence-electron chi connectivity index (χ1n) is 7.45. The number of nitrogens with two attached hydrogens (primary N) is 1. The molecule has 1 atom stereocenters. The number of rotatable bonds is 7. The van der Waals surface area contributed by atoms with Crippen LogP contribution < -0.4 is 15.8 Å². The molecule has 1 amide bonds. The van der Waals surface area contributed by atoms with Crippen LogP contribution >= 0.6 is 0 Å². The number of carbonyl (C=O) groups is 1. The molecule has 0 aliphatic heterocycles. The molecule has 0 saturated heterocycles. The van der Waals surface area contributed by atoms with Crippen molar-refractivity contribution in [3.63, 3.8) is 0 Å². The van der Waals surface area contributed by atoms with Gasteiger partial charge >= 0.3 is 0 Å². The fourth-order valence-corrected chi connectivity index (χ4v) is 2.11. The van der Waals surface area contributed by atoms with E-state index in [9.17, 15) is 9.18 Å². The Morgan fingerprint density at radius 2 is 2.09 bits per heavy atom. The van der Waals surface area contributed by atoms with Crippen molar-refractivity contribution in [2.24, 2.45) is 5.73 Å². The second-order valence-electron chi connectivity index (χ2n) is 5.51. The highest BCUT2D eigenvalue weighted by Gasteiger charge is 2.08. The van der Waals surface area contributed by atoms with Gasteiger partial charge in [-0.25, -0.2) is 4.39 Å². The topological polar surface area (TPSA) is 64.3 Å². The summed E-state index contributed by atoms with van der Waals surface area (Å²) in [5.74, 6) is 0.0726. The Labute approximate surface area is 135 Å². The maximum atomic E-state index is 13.1. The molecule has 5 heteroatoms. The molecule has 0 heterocycles. The highest BCUT2D eigenvalue weighted by atomic mass is 19.1. The van der Waals surface area contributed by atoms with Crippen LogP contribution in [0.15, 0.2) is 42.5 Å². The zero-order valence-corrected chi connectivity index (χ0v) is 13.3. The Bertz CT molecular complexity index is 688. The van der Waals surface area contributed by atoms with Gasteiger partial charge in [0, 0.05) is 6.54 Å². The number of amides is 1. The average molecular weight is 316 g/mol. The van der Waals surface area contributed by atoms with Gasteiger partial charge in [-0.2, -0.15) is 0 Å². The highest BCUT2D eigenvalue weighted by molar-refractivity contribution is 5.79. The molecule has 2 aromatic carbocycles. The number of carbonyl (C=O) groups excluding carboxylic acids is 1. The Hall–Kier alpha value is -2.40. The highest BCUT2D eigenvalue weighted by Crippen LogP contribution is 2.19. The summed E-state index contributed by atoms with van der Waals surface area (Å²) in [5, 5.41) is 3.07. The van der Waals surface area contributed by atoms with E-state index in [1.807, 2.05) is 31.2 Å². The first kappa shape index (κ1) is 17.0. The summed E-state index contributed by atoms with van der Waals surface area (Å²) in [6, 6.07) is 11.7. The largest absolute Gasteiger partial charge is 0.489 e. The number of primary amides is 1. The third-order valence-corrected chi connectivity index (χ3v) is 3.63. The van der Waals surface area contributed by atoms with Gasteiger partial charge < -0.3 is 15.8 Å². The molecule has 0 aromatic heterocycles. The molecule has 122 valence electrons. The number of ether oxygens (including phenoxy) is 1. The summed E-state index contributed by atoms with van der Waals surface area (Å²) in [7, 11) is 0. The van der Waals surface area contributed by atoms with Crippen molar-refractivity contribution in [2.75, 3.05) is 0 Å². The lowest BCUT2D eigenvalue weighted by Crippen LogP contribution is -2.38. The van der Waals surface area contributed by atoms with E-state index in [2.05, 4.69) is 5.32 Å². The van der Waals surface area contributed by atoms with Crippen LogP contribution in [-0.4, -0.2) is 11.9 Å². The lowest BCUT2D eigenvalue weighted by molar-refractivity contribution is -0.119. The van der Waals surface area contributed by atoms with Gasteiger partial charge in [-0.1, -0.05) is 18.2 Å². The van der Waals surface area contributed by atoms with Gasteiger partial charge in [-0.3, -0.25) is 4.79 Å². The number of aryl methyl sites for hydroxylation is 1. The second kappa shape index (κ2) is 7.74. The van der Waals surface area contributed by atoms with Crippen molar-refractivity contribution in [1.82, 2.24) is 5.32 Å². The Kier molecular flexibility index (Phi) is 5.71. The van der Waals surface area contributed by atoms with E-state index >= 15 is 0 Å². The SMILES string of the molecule is Cc1cc(OCc2cccc(F)c2)ccc1CN[C@@H](C)C(N)=O. The minimum absolute atomic E-state index is 0.271. The number of hydrogen-bond donors (Lipinski definition) is 2. The van der Waals surface area contributed by atoms with Crippen LogP contribution in [0.2, 0.25) is 0 Å². The maximum Gasteiger partial charge on any atom is 0.234 e. The fraction of sp³-hybridized carbons (Fsp3) is 0.278. The smallest absolute Gasteiger partial charge is 0.234 e. The van der Waals surface area contributed by atoms with E-state index in [0.717, 1.165) is 22.4 Å². The predicted octanol–water partition coefficient (Wildman–Crippen LogP) is 2.68. The molecule has 3 N–H and O–H groups in total. The Morgan fingerprint density at radius 3 is 2.74 bits per heavy atom. The van der Waals surface area contributed by atoms with E-state index in [1.165, 1.54) is 12.1 Å².